The van der Waals surface area contributed by atoms with Crippen molar-refractivity contribution in [2.45, 2.75) is 17.7 Å². The van der Waals surface area contributed by atoms with Gasteiger partial charge in [0.05, 0.1) is 25.6 Å². The molecule has 0 aliphatic rings. The summed E-state index contributed by atoms with van der Waals surface area (Å²) in [7, 11) is 0.252. The van der Waals surface area contributed by atoms with Crippen molar-refractivity contribution in [1.82, 2.24) is 0 Å². The minimum Gasteiger partial charge on any atom is -0.550 e. The average Bonchev–Trinajstić information content (AvgIpc) is 2.45. The van der Waals surface area contributed by atoms with Crippen LogP contribution in [0.3, 0.4) is 0 Å². The maximum absolute atomic E-state index is 11.3. The quantitative estimate of drug-likeness (QED) is 0.404. The van der Waals surface area contributed by atoms with Gasteiger partial charge in [-0.2, -0.15) is 0 Å². The van der Waals surface area contributed by atoms with Crippen LogP contribution in [0.4, 0.5) is 5.69 Å². The molecule has 5 N–H and O–H groups in total. The Labute approximate surface area is 141 Å². The zero-order valence-electron chi connectivity index (χ0n) is 13.6. The fourth-order valence-electron chi connectivity index (χ4n) is 1.39. The molecular weight excluding hydrogens is 338 g/mol. The van der Waals surface area contributed by atoms with Gasteiger partial charge in [-0.1, -0.05) is 0 Å². The van der Waals surface area contributed by atoms with Crippen LogP contribution in [-0.4, -0.2) is 52.6 Å². The van der Waals surface area contributed by atoms with Gasteiger partial charge in [0.25, 0.3) is 0 Å². The number of aliphatic hydroxyl groups is 1. The van der Waals surface area contributed by atoms with Gasteiger partial charge in [0.15, 0.2) is 0 Å². The molecule has 0 spiro atoms. The van der Waals surface area contributed by atoms with Crippen molar-refractivity contribution in [3.05, 3.63) is 24.3 Å². The number of likely N-dealkylation sites (N-methyl/N-ethyl adjacent to an activating group) is 1. The largest absolute Gasteiger partial charge is 0.550 e. The molecule has 0 aliphatic heterocycles. The van der Waals surface area contributed by atoms with Gasteiger partial charge in [0.1, 0.15) is 6.54 Å². The van der Waals surface area contributed by atoms with Crippen LogP contribution in [-0.2, 0) is 19.6 Å². The number of nitrogens with one attached hydrogen (secondary N) is 2. The zero-order valence-corrected chi connectivity index (χ0v) is 14.4. The number of anilines is 1. The van der Waals surface area contributed by atoms with Crippen molar-refractivity contribution in [3.8, 4) is 0 Å². The second-order valence-corrected chi connectivity index (χ2v) is 6.73. The summed E-state index contributed by atoms with van der Waals surface area (Å²) in [6, 6.07) is 5.20. The van der Waals surface area contributed by atoms with E-state index in [1.165, 1.54) is 29.2 Å². The van der Waals surface area contributed by atoms with Crippen LogP contribution >= 0.6 is 0 Å². The highest BCUT2D eigenvalue weighted by Gasteiger charge is 2.07. The lowest BCUT2D eigenvalue weighted by atomic mass is 10.2. The van der Waals surface area contributed by atoms with Crippen molar-refractivity contribution in [2.75, 3.05) is 32.6 Å². The van der Waals surface area contributed by atoms with Crippen molar-refractivity contribution in [3.63, 3.8) is 0 Å². The Morgan fingerprint density at radius 3 is 2.08 bits per heavy atom. The smallest absolute Gasteiger partial charge is 0.238 e. The lowest BCUT2D eigenvalue weighted by molar-refractivity contribution is -0.858. The number of sulfonamides is 1. The summed E-state index contributed by atoms with van der Waals surface area (Å²) >= 11 is 0. The van der Waals surface area contributed by atoms with Gasteiger partial charge in [-0.25, -0.2) is 13.6 Å². The van der Waals surface area contributed by atoms with E-state index in [0.29, 0.717) is 12.3 Å². The predicted molar refractivity (Wildman–Crippen MR) is 85.4 cm³/mol. The Bertz CT molecular complexity index is 628. The summed E-state index contributed by atoms with van der Waals surface area (Å²) in [4.78, 5) is 22.6. The van der Waals surface area contributed by atoms with E-state index in [-0.39, 0.29) is 17.7 Å². The molecule has 136 valence electrons. The second-order valence-electron chi connectivity index (χ2n) is 5.17. The van der Waals surface area contributed by atoms with E-state index >= 15 is 0 Å². The topological polar surface area (TPSA) is 154 Å². The van der Waals surface area contributed by atoms with Crippen molar-refractivity contribution >= 4 is 27.6 Å². The number of carboxylic acid groups (broad SMARTS) is 1. The van der Waals surface area contributed by atoms with Gasteiger partial charge in [-0.05, 0) is 30.7 Å². The number of carbonyl (C=O) groups excluding carboxylic acids is 2. The fourth-order valence-corrected chi connectivity index (χ4v) is 1.91. The number of nitrogens with two attached hydrogens (primary N) is 1. The minimum absolute atomic E-state index is 0.0739. The fraction of sp³-hybridized carbons (Fsp3) is 0.429. The molecular formula is C14H23N3O6S. The second kappa shape index (κ2) is 10.7. The number of hydrogen-bond acceptors (Lipinski definition) is 6. The predicted octanol–water partition coefficient (Wildman–Crippen LogP) is -3.07. The molecule has 24 heavy (non-hydrogen) atoms. The third-order valence-corrected chi connectivity index (χ3v) is 3.56. The third-order valence-electron chi connectivity index (χ3n) is 2.63. The van der Waals surface area contributed by atoms with Crippen LogP contribution in [0, 0.1) is 0 Å². The lowest BCUT2D eigenvalue weighted by Gasteiger charge is -2.06. The molecule has 1 amide bonds. The highest BCUT2D eigenvalue weighted by atomic mass is 32.2. The van der Waals surface area contributed by atoms with Gasteiger partial charge in [-0.15, -0.1) is 0 Å². The Balaban J connectivity index is 0.000000754. The van der Waals surface area contributed by atoms with Crippen LogP contribution in [0.15, 0.2) is 29.2 Å². The molecule has 0 saturated heterocycles. The van der Waals surface area contributed by atoms with Crippen LogP contribution in [0.5, 0.6) is 0 Å². The Morgan fingerprint density at radius 2 is 1.75 bits per heavy atom. The van der Waals surface area contributed by atoms with E-state index in [2.05, 4.69) is 5.32 Å². The molecule has 10 heteroatoms. The van der Waals surface area contributed by atoms with E-state index < -0.39 is 21.9 Å². The molecule has 1 rings (SSSR count). The molecule has 0 heterocycles. The Kier molecular flexibility index (Phi) is 9.81. The number of amides is 1. The lowest BCUT2D eigenvalue weighted by Crippen LogP contribution is -3.06. The maximum Gasteiger partial charge on any atom is 0.238 e. The normalized spacial score (nSPS) is 10.7. The first kappa shape index (κ1) is 22.0. The van der Waals surface area contributed by atoms with Crippen LogP contribution in [0.1, 0.15) is 12.8 Å². The van der Waals surface area contributed by atoms with E-state index in [1.807, 2.05) is 14.1 Å². The number of aliphatic carboxylic acids is 1. The molecule has 1 aromatic carbocycles. The van der Waals surface area contributed by atoms with Crippen molar-refractivity contribution in [1.29, 1.82) is 0 Å². The summed E-state index contributed by atoms with van der Waals surface area (Å²) < 4.78 is 21.9. The molecule has 0 unspecified atom stereocenters. The molecule has 0 saturated carbocycles. The minimum atomic E-state index is -3.77. The summed E-state index contributed by atoms with van der Waals surface area (Å²) in [5.74, 6) is -1.81. The molecule has 0 aromatic heterocycles. The number of aliphatic hydroxyl groups excluding tert-OH is 1. The molecule has 0 aliphatic carbocycles. The van der Waals surface area contributed by atoms with Crippen LogP contribution in [0.25, 0.3) is 0 Å². The maximum atomic E-state index is 11.3. The van der Waals surface area contributed by atoms with Crippen molar-refractivity contribution < 1.29 is 33.1 Å². The van der Waals surface area contributed by atoms with Gasteiger partial charge >= 0.3 is 0 Å². The monoisotopic (exact) mass is 361 g/mol. The van der Waals surface area contributed by atoms with Gasteiger partial charge in [-0.3, -0.25) is 4.79 Å². The summed E-state index contributed by atoms with van der Waals surface area (Å²) in [6.07, 6.45) is -0.583. The summed E-state index contributed by atoms with van der Waals surface area (Å²) in [6.45, 7) is 1.14. The highest BCUT2D eigenvalue weighted by molar-refractivity contribution is 7.89. The SMILES string of the molecule is C[NH+](C)CCO.NS(=O)(=O)c1ccc(NC(=O)CCC(=O)[O-])cc1. The van der Waals surface area contributed by atoms with Crippen LogP contribution in [0.2, 0.25) is 0 Å². The van der Waals surface area contributed by atoms with Gasteiger partial charge in [0, 0.05) is 18.1 Å². The van der Waals surface area contributed by atoms with Crippen LogP contribution < -0.4 is 20.5 Å². The Hall–Kier alpha value is -2.01. The number of benzene rings is 1. The summed E-state index contributed by atoms with van der Waals surface area (Å²) in [5.41, 5.74) is 0.353. The standard InChI is InChI=1S/C10H12N2O5S.C4H11NO/c11-18(16,17)8-3-1-7(2-4-8)12-9(13)5-6-10(14)15;1-5(2)3-4-6/h1-4H,5-6H2,(H,12,13)(H,14,15)(H2,11,16,17);6H,3-4H2,1-2H3. The van der Waals surface area contributed by atoms with E-state index in [4.69, 9.17) is 10.2 Å². The Morgan fingerprint density at radius 1 is 1.21 bits per heavy atom. The first-order valence-electron chi connectivity index (χ1n) is 7.08. The van der Waals surface area contributed by atoms with Crippen molar-refractivity contribution in [2.24, 2.45) is 5.14 Å². The first-order chi connectivity index (χ1) is 11.1. The molecule has 0 radical (unpaired) electrons. The van der Waals surface area contributed by atoms with Gasteiger partial charge < -0.3 is 25.2 Å². The number of quaternary nitrogens is 1. The number of rotatable bonds is 7. The molecule has 9 nitrogen and oxygen atoms in total. The molecule has 1 aromatic rings. The van der Waals surface area contributed by atoms with E-state index in [0.717, 1.165) is 6.54 Å². The van der Waals surface area contributed by atoms with Gasteiger partial charge in [0.2, 0.25) is 15.9 Å². The molecule has 0 bridgehead atoms. The summed E-state index contributed by atoms with van der Waals surface area (Å²) in [5, 5.41) is 25.7. The zero-order chi connectivity index (χ0) is 18.8. The number of hydrogen-bond donors (Lipinski definition) is 4. The average molecular weight is 361 g/mol. The number of primary sulfonamides is 1. The third kappa shape index (κ3) is 10.7. The highest BCUT2D eigenvalue weighted by Crippen LogP contribution is 2.12. The molecule has 0 atom stereocenters. The van der Waals surface area contributed by atoms with E-state index in [9.17, 15) is 23.1 Å². The number of carbonyl (C=O) groups is 2. The first-order valence-corrected chi connectivity index (χ1v) is 8.63. The molecule has 0 fully saturated rings. The number of carboxylic acids is 1. The van der Waals surface area contributed by atoms with E-state index in [1.54, 1.807) is 0 Å².